The number of amides is 3. The molecule has 2 aromatic rings. The van der Waals surface area contributed by atoms with Gasteiger partial charge in [0.2, 0.25) is 5.91 Å². The predicted octanol–water partition coefficient (Wildman–Crippen LogP) is 3.89. The van der Waals surface area contributed by atoms with Crippen molar-refractivity contribution in [2.45, 2.75) is 36.9 Å². The highest BCUT2D eigenvalue weighted by Gasteiger charge is 2.48. The molecular weight excluding hydrogens is 503 g/mol. The molecule has 1 aliphatic heterocycles. The van der Waals surface area contributed by atoms with Crippen LogP contribution in [0, 0.1) is 5.82 Å². The Balaban J connectivity index is 1.79. The van der Waals surface area contributed by atoms with Gasteiger partial charge in [-0.1, -0.05) is 35.9 Å². The van der Waals surface area contributed by atoms with Crippen molar-refractivity contribution in [1.82, 2.24) is 10.2 Å². The minimum atomic E-state index is -2.89. The number of rotatable bonds is 6. The molecule has 4 rings (SSSR count). The average Bonchev–Trinajstić information content (AvgIpc) is 3.31. The first-order valence-corrected chi connectivity index (χ1v) is 11.4. The largest absolute Gasteiger partial charge is 0.453 e. The minimum Gasteiger partial charge on any atom is -0.453 e. The van der Waals surface area contributed by atoms with Crippen LogP contribution >= 0.6 is 11.6 Å². The van der Waals surface area contributed by atoms with Crippen LogP contribution in [-0.4, -0.2) is 61.3 Å². The van der Waals surface area contributed by atoms with Gasteiger partial charge >= 0.3 is 6.09 Å². The topological polar surface area (TPSA) is 88.2 Å². The molecule has 2 fully saturated rings. The van der Waals surface area contributed by atoms with Crippen molar-refractivity contribution in [2.75, 3.05) is 25.3 Å². The maximum absolute atomic E-state index is 14.3. The number of methoxy groups -OCH3 is 1. The highest BCUT2D eigenvalue weighted by atomic mass is 35.5. The van der Waals surface area contributed by atoms with Crippen LogP contribution in [0.25, 0.3) is 0 Å². The van der Waals surface area contributed by atoms with E-state index < -0.39 is 60.6 Å². The van der Waals surface area contributed by atoms with Gasteiger partial charge in [-0.2, -0.15) is 0 Å². The Morgan fingerprint density at radius 2 is 1.92 bits per heavy atom. The summed E-state index contributed by atoms with van der Waals surface area (Å²) in [5.74, 6) is -5.14. The lowest BCUT2D eigenvalue weighted by atomic mass is 9.87. The van der Waals surface area contributed by atoms with E-state index in [1.807, 2.05) is 0 Å². The molecule has 2 atom stereocenters. The first-order valence-electron chi connectivity index (χ1n) is 11.0. The van der Waals surface area contributed by atoms with Crippen LogP contribution in [0.2, 0.25) is 5.02 Å². The number of carbonyl (C=O) groups excluding carboxylic acids is 3. The van der Waals surface area contributed by atoms with Crippen molar-refractivity contribution in [2.24, 2.45) is 0 Å². The number of anilines is 1. The van der Waals surface area contributed by atoms with Gasteiger partial charge < -0.3 is 14.8 Å². The van der Waals surface area contributed by atoms with Gasteiger partial charge in [-0.25, -0.2) is 18.0 Å². The molecule has 2 unspecified atom stereocenters. The van der Waals surface area contributed by atoms with Crippen molar-refractivity contribution >= 4 is 35.2 Å². The fourth-order valence-electron chi connectivity index (χ4n) is 4.27. The molecule has 2 aromatic carbocycles. The van der Waals surface area contributed by atoms with Gasteiger partial charge in [-0.3, -0.25) is 19.4 Å². The fourth-order valence-corrected chi connectivity index (χ4v) is 4.51. The summed E-state index contributed by atoms with van der Waals surface area (Å²) >= 11 is 6.40. The molecule has 192 valence electrons. The Bertz CT molecular complexity index is 1160. The van der Waals surface area contributed by atoms with E-state index in [-0.39, 0.29) is 29.6 Å². The molecule has 1 aliphatic carbocycles. The van der Waals surface area contributed by atoms with Gasteiger partial charge in [0.1, 0.15) is 24.6 Å². The van der Waals surface area contributed by atoms with Crippen molar-refractivity contribution in [3.8, 4) is 0 Å². The number of hydrogen-bond acceptors (Lipinski definition) is 5. The molecule has 1 heterocycles. The number of nitrogens with one attached hydrogen (secondary N) is 1. The van der Waals surface area contributed by atoms with Gasteiger partial charge in [0.15, 0.2) is 0 Å². The molecule has 2 aliphatic rings. The van der Waals surface area contributed by atoms with Crippen LogP contribution < -0.4 is 10.2 Å². The highest BCUT2D eigenvalue weighted by Crippen LogP contribution is 2.39. The zero-order valence-electron chi connectivity index (χ0n) is 19.1. The maximum atomic E-state index is 14.3. The number of ether oxygens (including phenoxy) is 2. The molecule has 0 spiro atoms. The van der Waals surface area contributed by atoms with Crippen molar-refractivity contribution < 1.29 is 37.0 Å². The predicted molar refractivity (Wildman–Crippen MR) is 123 cm³/mol. The van der Waals surface area contributed by atoms with Crippen LogP contribution in [0.1, 0.15) is 24.4 Å². The van der Waals surface area contributed by atoms with Gasteiger partial charge in [0, 0.05) is 35.2 Å². The average molecular weight is 526 g/mol. The van der Waals surface area contributed by atoms with Gasteiger partial charge in [0.25, 0.3) is 11.8 Å². The molecule has 1 saturated carbocycles. The van der Waals surface area contributed by atoms with Crippen LogP contribution in [0.5, 0.6) is 0 Å². The molecule has 1 N–H and O–H groups in total. The number of carbonyl (C=O) groups is 3. The second kappa shape index (κ2) is 10.4. The molecule has 0 aromatic heterocycles. The first kappa shape index (κ1) is 25.8. The molecule has 36 heavy (non-hydrogen) atoms. The van der Waals surface area contributed by atoms with Gasteiger partial charge in [-0.05, 0) is 24.3 Å². The SMILES string of the molecule is COC(=O)N1COCC1C(=O)N(c1cccc(F)c1)C(C(=O)NC1CC(F)(F)C1)c1ccccc1Cl. The van der Waals surface area contributed by atoms with Gasteiger partial charge in [-0.15, -0.1) is 0 Å². The lowest BCUT2D eigenvalue weighted by molar-refractivity contribution is -0.133. The van der Waals surface area contributed by atoms with E-state index in [1.165, 1.54) is 24.3 Å². The summed E-state index contributed by atoms with van der Waals surface area (Å²) in [7, 11) is 1.14. The van der Waals surface area contributed by atoms with Crippen LogP contribution in [0.15, 0.2) is 48.5 Å². The van der Waals surface area contributed by atoms with Crippen LogP contribution in [0.4, 0.5) is 23.7 Å². The zero-order chi connectivity index (χ0) is 26.0. The molecule has 0 bridgehead atoms. The number of alkyl halides is 2. The van der Waals surface area contributed by atoms with Gasteiger partial charge in [0.05, 0.1) is 13.7 Å². The first-order chi connectivity index (χ1) is 17.1. The Kier molecular flexibility index (Phi) is 7.41. The van der Waals surface area contributed by atoms with Crippen molar-refractivity contribution in [3.63, 3.8) is 0 Å². The van der Waals surface area contributed by atoms with Crippen molar-refractivity contribution in [1.29, 1.82) is 0 Å². The molecule has 8 nitrogen and oxygen atoms in total. The highest BCUT2D eigenvalue weighted by molar-refractivity contribution is 6.31. The van der Waals surface area contributed by atoms with E-state index in [2.05, 4.69) is 5.32 Å². The monoisotopic (exact) mass is 525 g/mol. The molecule has 1 saturated heterocycles. The molecular formula is C24H23ClF3N3O5. The van der Waals surface area contributed by atoms with E-state index in [4.69, 9.17) is 21.1 Å². The number of benzene rings is 2. The summed E-state index contributed by atoms with van der Waals surface area (Å²) in [6.45, 7) is -0.439. The van der Waals surface area contributed by atoms with E-state index >= 15 is 0 Å². The van der Waals surface area contributed by atoms with E-state index in [0.29, 0.717) is 0 Å². The Hall–Kier alpha value is -3.31. The summed E-state index contributed by atoms with van der Waals surface area (Å²) < 4.78 is 51.2. The zero-order valence-corrected chi connectivity index (χ0v) is 19.9. The summed E-state index contributed by atoms with van der Waals surface area (Å²) in [5.41, 5.74) is 0.180. The number of halogens is 4. The molecule has 3 amide bonds. The Morgan fingerprint density at radius 3 is 2.56 bits per heavy atom. The van der Waals surface area contributed by atoms with E-state index in [1.54, 1.807) is 12.1 Å². The van der Waals surface area contributed by atoms with Crippen LogP contribution in [-0.2, 0) is 19.1 Å². The number of nitrogens with zero attached hydrogens (tertiary/aromatic N) is 2. The maximum Gasteiger partial charge on any atom is 0.412 e. The minimum absolute atomic E-state index is 0.00396. The second-order valence-electron chi connectivity index (χ2n) is 8.54. The third kappa shape index (κ3) is 5.26. The van der Waals surface area contributed by atoms with Crippen molar-refractivity contribution in [3.05, 3.63) is 64.9 Å². The number of hydrogen-bond donors (Lipinski definition) is 1. The third-order valence-electron chi connectivity index (χ3n) is 6.04. The molecule has 0 radical (unpaired) electrons. The standard InChI is InChI=1S/C24H23ClF3N3O5/c1-35-23(34)30-13-36-12-19(30)22(33)31(16-6-4-5-14(26)9-16)20(17-7-2-3-8-18(17)25)21(32)29-15-10-24(27,28)11-15/h2-9,15,19-20H,10-13H2,1H3,(H,29,32). The summed E-state index contributed by atoms with van der Waals surface area (Å²) in [4.78, 5) is 41.8. The molecule has 12 heteroatoms. The quantitative estimate of drug-likeness (QED) is 0.618. The smallest absolute Gasteiger partial charge is 0.412 e. The Morgan fingerprint density at radius 1 is 1.19 bits per heavy atom. The fraction of sp³-hybridized carbons (Fsp3) is 0.375. The van der Waals surface area contributed by atoms with E-state index in [0.717, 1.165) is 29.0 Å². The van der Waals surface area contributed by atoms with E-state index in [9.17, 15) is 27.6 Å². The summed E-state index contributed by atoms with van der Waals surface area (Å²) in [6, 6.07) is 7.69. The third-order valence-corrected chi connectivity index (χ3v) is 6.39. The summed E-state index contributed by atoms with van der Waals surface area (Å²) in [5, 5.41) is 2.67. The second-order valence-corrected chi connectivity index (χ2v) is 8.94. The lowest BCUT2D eigenvalue weighted by Gasteiger charge is -2.39. The van der Waals surface area contributed by atoms with Crippen LogP contribution in [0.3, 0.4) is 0 Å². The summed E-state index contributed by atoms with van der Waals surface area (Å²) in [6.07, 6.45) is -1.93. The Labute approximate surface area is 209 Å². The lowest BCUT2D eigenvalue weighted by Crippen LogP contribution is -2.56. The normalized spacial score (nSPS) is 19.8.